The molecular weight excluding hydrogens is 282 g/mol. The predicted molar refractivity (Wildman–Crippen MR) is 82.2 cm³/mol. The molecule has 1 heterocycles. The number of aromatic nitrogens is 4. The van der Waals surface area contributed by atoms with E-state index in [0.717, 1.165) is 11.1 Å². The summed E-state index contributed by atoms with van der Waals surface area (Å²) < 4.78 is 0. The molecule has 2 aromatic rings. The first-order valence-corrected chi connectivity index (χ1v) is 7.05. The van der Waals surface area contributed by atoms with Gasteiger partial charge in [0.25, 0.3) is 5.91 Å². The van der Waals surface area contributed by atoms with Gasteiger partial charge in [-0.15, -0.1) is 10.2 Å². The fourth-order valence-electron chi connectivity index (χ4n) is 2.26. The van der Waals surface area contributed by atoms with Gasteiger partial charge in [0.05, 0.1) is 0 Å². The van der Waals surface area contributed by atoms with E-state index in [-0.39, 0.29) is 17.9 Å². The van der Waals surface area contributed by atoms with Crippen molar-refractivity contribution < 1.29 is 9.90 Å². The normalized spacial score (nSPS) is 11.5. The molecule has 7 heteroatoms. The molecule has 0 unspecified atom stereocenters. The molecule has 0 saturated heterocycles. The van der Waals surface area contributed by atoms with Crippen LogP contribution in [0.1, 0.15) is 29.8 Å². The molecule has 0 aliphatic carbocycles. The number of amides is 1. The number of hydrogen-bond acceptors (Lipinski definition) is 5. The number of H-pyrrole nitrogens is 1. The number of nitrogens with one attached hydrogen (secondary N) is 1. The molecule has 0 atom stereocenters. The number of tetrazole rings is 1. The second-order valence-corrected chi connectivity index (χ2v) is 6.25. The standard InChI is InChI=1S/C15H21N5O2/c1-10-5-6-11(7-12(10)13-16-18-19-17-13)14(22)20(4)8-15(2,3)9-21/h5-7,21H,8-9H2,1-4H3,(H,16,17,18,19). The minimum Gasteiger partial charge on any atom is -0.396 e. The summed E-state index contributed by atoms with van der Waals surface area (Å²) in [5.74, 6) is 0.358. The van der Waals surface area contributed by atoms with Crippen LogP contribution in [0.25, 0.3) is 11.4 Å². The van der Waals surface area contributed by atoms with Crippen LogP contribution in [0.3, 0.4) is 0 Å². The molecule has 0 bridgehead atoms. The van der Waals surface area contributed by atoms with Crippen molar-refractivity contribution in [3.63, 3.8) is 0 Å². The third kappa shape index (κ3) is 3.48. The lowest BCUT2D eigenvalue weighted by molar-refractivity contribution is 0.0663. The Labute approximate surface area is 129 Å². The van der Waals surface area contributed by atoms with Gasteiger partial charge in [0.1, 0.15) is 0 Å². The summed E-state index contributed by atoms with van der Waals surface area (Å²) in [6, 6.07) is 5.42. The van der Waals surface area contributed by atoms with Crippen LogP contribution in [-0.2, 0) is 0 Å². The first-order valence-electron chi connectivity index (χ1n) is 7.05. The highest BCUT2D eigenvalue weighted by Gasteiger charge is 2.23. The molecule has 2 rings (SSSR count). The van der Waals surface area contributed by atoms with Crippen molar-refractivity contribution >= 4 is 5.91 Å². The number of aromatic amines is 1. The summed E-state index contributed by atoms with van der Waals surface area (Å²) in [6.07, 6.45) is 0. The number of nitrogens with zero attached hydrogens (tertiary/aromatic N) is 4. The zero-order valence-corrected chi connectivity index (χ0v) is 13.3. The quantitative estimate of drug-likeness (QED) is 0.867. The van der Waals surface area contributed by atoms with Crippen molar-refractivity contribution in [1.29, 1.82) is 0 Å². The summed E-state index contributed by atoms with van der Waals surface area (Å²) in [6.45, 7) is 6.24. The van der Waals surface area contributed by atoms with Crippen LogP contribution >= 0.6 is 0 Å². The minimum atomic E-state index is -0.342. The Morgan fingerprint density at radius 2 is 2.14 bits per heavy atom. The maximum absolute atomic E-state index is 12.6. The lowest BCUT2D eigenvalue weighted by Gasteiger charge is -2.28. The van der Waals surface area contributed by atoms with E-state index in [1.54, 1.807) is 24.1 Å². The SMILES string of the molecule is Cc1ccc(C(=O)N(C)CC(C)(C)CO)cc1-c1nn[nH]n1. The Morgan fingerprint density at radius 1 is 1.41 bits per heavy atom. The van der Waals surface area contributed by atoms with E-state index in [1.165, 1.54) is 0 Å². The number of aliphatic hydroxyl groups is 1. The summed E-state index contributed by atoms with van der Waals surface area (Å²) in [7, 11) is 1.73. The number of carbonyl (C=O) groups excluding carboxylic acids is 1. The van der Waals surface area contributed by atoms with E-state index in [0.29, 0.717) is 17.9 Å². The number of aliphatic hydroxyl groups excluding tert-OH is 1. The molecule has 1 amide bonds. The van der Waals surface area contributed by atoms with E-state index in [1.807, 2.05) is 26.8 Å². The van der Waals surface area contributed by atoms with E-state index >= 15 is 0 Å². The lowest BCUT2D eigenvalue weighted by atomic mass is 9.94. The van der Waals surface area contributed by atoms with Crippen LogP contribution in [0.5, 0.6) is 0 Å². The van der Waals surface area contributed by atoms with Gasteiger partial charge < -0.3 is 10.0 Å². The maximum Gasteiger partial charge on any atom is 0.253 e. The highest BCUT2D eigenvalue weighted by molar-refractivity contribution is 5.95. The van der Waals surface area contributed by atoms with Gasteiger partial charge in [0.2, 0.25) is 5.82 Å². The number of carbonyl (C=O) groups is 1. The molecule has 0 spiro atoms. The first kappa shape index (κ1) is 16.1. The van der Waals surface area contributed by atoms with Crippen LogP contribution in [0.4, 0.5) is 0 Å². The number of aryl methyl sites for hydroxylation is 1. The Kier molecular flexibility index (Phi) is 4.56. The van der Waals surface area contributed by atoms with Gasteiger partial charge in [-0.2, -0.15) is 5.21 Å². The summed E-state index contributed by atoms with van der Waals surface area (Å²) in [4.78, 5) is 14.2. The Bertz CT molecular complexity index is 652. The highest BCUT2D eigenvalue weighted by Crippen LogP contribution is 2.22. The van der Waals surface area contributed by atoms with E-state index in [9.17, 15) is 9.90 Å². The van der Waals surface area contributed by atoms with Crippen molar-refractivity contribution in [1.82, 2.24) is 25.5 Å². The maximum atomic E-state index is 12.6. The minimum absolute atomic E-state index is 0.0205. The van der Waals surface area contributed by atoms with Crippen molar-refractivity contribution in [3.8, 4) is 11.4 Å². The first-order chi connectivity index (χ1) is 10.3. The second kappa shape index (κ2) is 6.23. The molecule has 1 aromatic heterocycles. The van der Waals surface area contributed by atoms with E-state index < -0.39 is 0 Å². The fraction of sp³-hybridized carbons (Fsp3) is 0.467. The molecular formula is C15H21N5O2. The van der Waals surface area contributed by atoms with Crippen LogP contribution in [0, 0.1) is 12.3 Å². The van der Waals surface area contributed by atoms with Crippen molar-refractivity contribution in [3.05, 3.63) is 29.3 Å². The number of rotatable bonds is 5. The molecule has 7 nitrogen and oxygen atoms in total. The molecule has 0 aliphatic rings. The summed E-state index contributed by atoms with van der Waals surface area (Å²) in [5, 5.41) is 23.2. The van der Waals surface area contributed by atoms with Crippen LogP contribution in [0.15, 0.2) is 18.2 Å². The molecule has 0 radical (unpaired) electrons. The monoisotopic (exact) mass is 303 g/mol. The van der Waals surface area contributed by atoms with Gasteiger partial charge in [0, 0.05) is 36.7 Å². The average Bonchev–Trinajstić information content (AvgIpc) is 3.00. The molecule has 0 fully saturated rings. The molecule has 2 N–H and O–H groups in total. The van der Waals surface area contributed by atoms with Gasteiger partial charge in [-0.1, -0.05) is 19.9 Å². The Hall–Kier alpha value is -2.28. The largest absolute Gasteiger partial charge is 0.396 e. The van der Waals surface area contributed by atoms with Gasteiger partial charge in [0.15, 0.2) is 0 Å². The lowest BCUT2D eigenvalue weighted by Crippen LogP contribution is -2.37. The van der Waals surface area contributed by atoms with Crippen molar-refractivity contribution in [2.45, 2.75) is 20.8 Å². The smallest absolute Gasteiger partial charge is 0.253 e. The highest BCUT2D eigenvalue weighted by atomic mass is 16.3. The molecule has 22 heavy (non-hydrogen) atoms. The van der Waals surface area contributed by atoms with Gasteiger partial charge in [-0.05, 0) is 29.8 Å². The number of hydrogen-bond donors (Lipinski definition) is 2. The number of benzene rings is 1. The Morgan fingerprint density at radius 3 is 2.73 bits per heavy atom. The topological polar surface area (TPSA) is 95.0 Å². The summed E-state index contributed by atoms with van der Waals surface area (Å²) >= 11 is 0. The fourth-order valence-corrected chi connectivity index (χ4v) is 2.26. The van der Waals surface area contributed by atoms with Gasteiger partial charge >= 0.3 is 0 Å². The second-order valence-electron chi connectivity index (χ2n) is 6.25. The molecule has 118 valence electrons. The molecule has 0 saturated carbocycles. The third-order valence-electron chi connectivity index (χ3n) is 3.51. The summed E-state index contributed by atoms with van der Waals surface area (Å²) in [5.41, 5.74) is 1.96. The van der Waals surface area contributed by atoms with E-state index in [2.05, 4.69) is 20.6 Å². The van der Waals surface area contributed by atoms with Gasteiger partial charge in [-0.25, -0.2) is 0 Å². The van der Waals surface area contributed by atoms with Gasteiger partial charge in [-0.3, -0.25) is 4.79 Å². The zero-order valence-electron chi connectivity index (χ0n) is 13.3. The predicted octanol–water partition coefficient (Wildman–Crippen LogP) is 1.27. The molecule has 0 aliphatic heterocycles. The zero-order chi connectivity index (χ0) is 16.3. The van der Waals surface area contributed by atoms with E-state index in [4.69, 9.17) is 0 Å². The van der Waals surface area contributed by atoms with Crippen molar-refractivity contribution in [2.75, 3.05) is 20.2 Å². The Balaban J connectivity index is 2.26. The van der Waals surface area contributed by atoms with Crippen molar-refractivity contribution in [2.24, 2.45) is 5.41 Å². The van der Waals surface area contributed by atoms with Crippen LogP contribution in [0.2, 0.25) is 0 Å². The molecule has 1 aromatic carbocycles. The third-order valence-corrected chi connectivity index (χ3v) is 3.51. The van der Waals surface area contributed by atoms with Crippen LogP contribution in [-0.4, -0.2) is 56.7 Å². The average molecular weight is 303 g/mol. The van der Waals surface area contributed by atoms with Crippen LogP contribution < -0.4 is 0 Å².